The minimum Gasteiger partial charge on any atom is -0.360 e. The van der Waals surface area contributed by atoms with Crippen LogP contribution in [0.4, 0.5) is 0 Å². The Bertz CT molecular complexity index is 1160. The number of hydrogen-bond acceptors (Lipinski definition) is 5. The molecular weight excluding hydrogens is 404 g/mol. The summed E-state index contributed by atoms with van der Waals surface area (Å²) in [5.74, 6) is 1.51. The third kappa shape index (κ3) is 4.11. The highest BCUT2D eigenvalue weighted by Gasteiger charge is 2.33. The summed E-state index contributed by atoms with van der Waals surface area (Å²) in [5, 5.41) is 7.87. The molecule has 2 aromatic heterocycles. The molecule has 0 radical (unpaired) electrons. The van der Waals surface area contributed by atoms with Crippen molar-refractivity contribution in [1.82, 2.24) is 20.4 Å². The average molecular weight is 433 g/mol. The maximum absolute atomic E-state index is 12.9. The zero-order valence-corrected chi connectivity index (χ0v) is 18.5. The quantitative estimate of drug-likeness (QED) is 0.633. The zero-order chi connectivity index (χ0) is 22.2. The van der Waals surface area contributed by atoms with Gasteiger partial charge in [0.15, 0.2) is 5.69 Å². The van der Waals surface area contributed by atoms with Gasteiger partial charge in [0.1, 0.15) is 5.76 Å². The summed E-state index contributed by atoms with van der Waals surface area (Å²) in [7, 11) is 0. The molecule has 1 saturated carbocycles. The molecule has 7 nitrogen and oxygen atoms in total. The third-order valence-corrected chi connectivity index (χ3v) is 6.27. The summed E-state index contributed by atoms with van der Waals surface area (Å²) in [6.07, 6.45) is 3.02. The second-order valence-electron chi connectivity index (χ2n) is 9.34. The first kappa shape index (κ1) is 20.7. The highest BCUT2D eigenvalue weighted by Crippen LogP contribution is 2.40. The van der Waals surface area contributed by atoms with Crippen LogP contribution in [-0.4, -0.2) is 46.5 Å². The number of aromatic nitrogens is 2. The van der Waals surface area contributed by atoms with Crippen molar-refractivity contribution in [3.05, 3.63) is 59.1 Å². The Balaban J connectivity index is 1.37. The average Bonchev–Trinajstić information content (AvgIpc) is 3.32. The molecule has 5 rings (SSSR count). The monoisotopic (exact) mass is 432 g/mol. The molecule has 1 aliphatic carbocycles. The van der Waals surface area contributed by atoms with Crippen LogP contribution in [-0.2, 0) is 0 Å². The Morgan fingerprint density at radius 2 is 1.97 bits per heavy atom. The Kier molecular flexibility index (Phi) is 5.41. The van der Waals surface area contributed by atoms with Gasteiger partial charge in [-0.05, 0) is 37.3 Å². The van der Waals surface area contributed by atoms with E-state index in [9.17, 15) is 9.59 Å². The molecule has 2 amide bonds. The van der Waals surface area contributed by atoms with Gasteiger partial charge in [0.2, 0.25) is 0 Å². The molecule has 1 saturated heterocycles. The maximum atomic E-state index is 12.9. The highest BCUT2D eigenvalue weighted by atomic mass is 16.5. The third-order valence-electron chi connectivity index (χ3n) is 6.27. The smallest absolute Gasteiger partial charge is 0.276 e. The predicted octanol–water partition coefficient (Wildman–Crippen LogP) is 4.12. The van der Waals surface area contributed by atoms with Crippen LogP contribution in [0.2, 0.25) is 0 Å². The number of nitrogens with one attached hydrogen (secondary N) is 1. The fourth-order valence-corrected chi connectivity index (χ4v) is 4.28. The van der Waals surface area contributed by atoms with Crippen molar-refractivity contribution in [2.24, 2.45) is 5.92 Å². The van der Waals surface area contributed by atoms with Crippen LogP contribution >= 0.6 is 0 Å². The van der Waals surface area contributed by atoms with Crippen LogP contribution in [0.15, 0.2) is 40.9 Å². The van der Waals surface area contributed by atoms with Crippen molar-refractivity contribution in [3.63, 3.8) is 0 Å². The van der Waals surface area contributed by atoms with E-state index in [1.807, 2.05) is 35.2 Å². The number of hydrogen-bond donors (Lipinski definition) is 1. The van der Waals surface area contributed by atoms with Gasteiger partial charge in [-0.2, -0.15) is 0 Å². The predicted molar refractivity (Wildman–Crippen MR) is 121 cm³/mol. The molecule has 3 aromatic rings. The number of rotatable bonds is 6. The second kappa shape index (κ2) is 8.37. The number of fused-ring (bicyclic) bond motifs is 1. The zero-order valence-electron chi connectivity index (χ0n) is 18.5. The summed E-state index contributed by atoms with van der Waals surface area (Å²) in [5.41, 5.74) is 2.68. The molecule has 2 aliphatic rings. The fraction of sp³-hybridized carbons (Fsp3) is 0.440. The lowest BCUT2D eigenvalue weighted by atomic mass is 9.99. The van der Waals surface area contributed by atoms with Crippen LogP contribution in [0, 0.1) is 5.92 Å². The summed E-state index contributed by atoms with van der Waals surface area (Å²) in [4.78, 5) is 32.5. The van der Waals surface area contributed by atoms with Crippen molar-refractivity contribution in [2.45, 2.75) is 44.9 Å². The molecule has 166 valence electrons. The Hall–Kier alpha value is -3.22. The lowest BCUT2D eigenvalue weighted by Crippen LogP contribution is -2.29. The summed E-state index contributed by atoms with van der Waals surface area (Å²) in [6.45, 7) is 5.96. The van der Waals surface area contributed by atoms with Gasteiger partial charge in [-0.3, -0.25) is 14.6 Å². The van der Waals surface area contributed by atoms with E-state index < -0.39 is 0 Å². The van der Waals surface area contributed by atoms with Gasteiger partial charge in [-0.1, -0.05) is 37.2 Å². The van der Waals surface area contributed by atoms with Crippen molar-refractivity contribution in [2.75, 3.05) is 19.6 Å². The van der Waals surface area contributed by atoms with Gasteiger partial charge in [0.05, 0.1) is 11.1 Å². The number of carbonyl (C=O) groups is 2. The van der Waals surface area contributed by atoms with E-state index in [0.29, 0.717) is 42.7 Å². The molecular formula is C25H28N4O3. The van der Waals surface area contributed by atoms with E-state index in [1.165, 1.54) is 0 Å². The van der Waals surface area contributed by atoms with Gasteiger partial charge in [-0.25, -0.2) is 0 Å². The lowest BCUT2D eigenvalue weighted by Gasteiger charge is -2.16. The highest BCUT2D eigenvalue weighted by molar-refractivity contribution is 6.06. The maximum Gasteiger partial charge on any atom is 0.276 e. The fourth-order valence-electron chi connectivity index (χ4n) is 4.28. The number of amides is 2. The van der Waals surface area contributed by atoms with E-state index >= 15 is 0 Å². The van der Waals surface area contributed by atoms with Gasteiger partial charge in [0.25, 0.3) is 11.8 Å². The van der Waals surface area contributed by atoms with Crippen molar-refractivity contribution >= 4 is 22.7 Å². The SMILES string of the molecule is CC(C)CNC(=O)c1cc([C@H]2CCN(C(=O)c3cc(C4CC4)on3)C2)nc2ccccc12. The first-order valence-corrected chi connectivity index (χ1v) is 11.4. The molecule has 1 aromatic carbocycles. The number of likely N-dealkylation sites (tertiary alicyclic amines) is 1. The largest absolute Gasteiger partial charge is 0.360 e. The van der Waals surface area contributed by atoms with Crippen molar-refractivity contribution in [1.29, 1.82) is 0 Å². The van der Waals surface area contributed by atoms with E-state index in [-0.39, 0.29) is 17.7 Å². The van der Waals surface area contributed by atoms with Gasteiger partial charge >= 0.3 is 0 Å². The van der Waals surface area contributed by atoms with Crippen molar-refractivity contribution < 1.29 is 14.1 Å². The normalized spacial score (nSPS) is 18.5. The molecule has 1 atom stereocenters. The number of carbonyl (C=O) groups excluding carboxylic acids is 2. The van der Waals surface area contributed by atoms with E-state index in [1.54, 1.807) is 6.07 Å². The number of pyridine rings is 1. The van der Waals surface area contributed by atoms with Gasteiger partial charge in [0, 0.05) is 48.6 Å². The molecule has 7 heteroatoms. The molecule has 32 heavy (non-hydrogen) atoms. The van der Waals surface area contributed by atoms with E-state index in [4.69, 9.17) is 9.51 Å². The Morgan fingerprint density at radius 3 is 2.75 bits per heavy atom. The van der Waals surface area contributed by atoms with E-state index in [2.05, 4.69) is 24.3 Å². The van der Waals surface area contributed by atoms with Crippen LogP contribution in [0.25, 0.3) is 10.9 Å². The first-order chi connectivity index (χ1) is 15.5. The molecule has 1 N–H and O–H groups in total. The molecule has 0 bridgehead atoms. The van der Waals surface area contributed by atoms with Gasteiger partial charge in [-0.15, -0.1) is 0 Å². The summed E-state index contributed by atoms with van der Waals surface area (Å²) in [6, 6.07) is 11.4. The molecule has 0 spiro atoms. The van der Waals surface area contributed by atoms with Crippen LogP contribution < -0.4 is 5.32 Å². The molecule has 3 heterocycles. The lowest BCUT2D eigenvalue weighted by molar-refractivity contribution is 0.0780. The van der Waals surface area contributed by atoms with Crippen LogP contribution in [0.5, 0.6) is 0 Å². The topological polar surface area (TPSA) is 88.3 Å². The number of nitrogens with zero attached hydrogens (tertiary/aromatic N) is 3. The second-order valence-corrected chi connectivity index (χ2v) is 9.34. The van der Waals surface area contributed by atoms with E-state index in [0.717, 1.165) is 41.6 Å². The molecule has 2 fully saturated rings. The number of benzene rings is 1. The molecule has 0 unspecified atom stereocenters. The summed E-state index contributed by atoms with van der Waals surface area (Å²) >= 11 is 0. The Morgan fingerprint density at radius 1 is 1.16 bits per heavy atom. The standard InChI is InChI=1S/C25H28N4O3/c1-15(2)13-26-24(30)19-11-21(27-20-6-4-3-5-18(19)20)17-9-10-29(14-17)25(31)22-12-23(32-28-22)16-7-8-16/h3-6,11-12,15-17H,7-10,13-14H2,1-2H3,(H,26,30)/t17-/m0/s1. The Labute approximate surface area is 187 Å². The molecule has 1 aliphatic heterocycles. The summed E-state index contributed by atoms with van der Waals surface area (Å²) < 4.78 is 5.36. The minimum absolute atomic E-state index is 0.0787. The van der Waals surface area contributed by atoms with Gasteiger partial charge < -0.3 is 14.7 Å². The van der Waals surface area contributed by atoms with Crippen molar-refractivity contribution in [3.8, 4) is 0 Å². The minimum atomic E-state index is -0.0983. The first-order valence-electron chi connectivity index (χ1n) is 11.4. The number of para-hydroxylation sites is 1. The van der Waals surface area contributed by atoms with Crippen LogP contribution in [0.1, 0.15) is 77.2 Å². The van der Waals surface area contributed by atoms with Crippen LogP contribution in [0.3, 0.4) is 0 Å².